The number of ether oxygens (including phenoxy) is 3. The van der Waals surface area contributed by atoms with Crippen molar-refractivity contribution in [3.05, 3.63) is 71.6 Å². The topological polar surface area (TPSA) is 102 Å². The molecule has 4 aromatic rings. The first-order valence-corrected chi connectivity index (χ1v) is 12.6. The molecule has 0 unspecified atom stereocenters. The normalized spacial score (nSPS) is 10.6. The van der Waals surface area contributed by atoms with Crippen LogP contribution in [0.3, 0.4) is 0 Å². The van der Waals surface area contributed by atoms with Crippen molar-refractivity contribution in [3.63, 3.8) is 0 Å². The van der Waals surface area contributed by atoms with E-state index in [2.05, 4.69) is 9.69 Å². The van der Waals surface area contributed by atoms with E-state index in [1.165, 1.54) is 23.7 Å². The summed E-state index contributed by atoms with van der Waals surface area (Å²) in [6.07, 6.45) is 0.613. The molecular formula is C28H29N3O6S. The second-order valence-electron chi connectivity index (χ2n) is 8.17. The van der Waals surface area contributed by atoms with Gasteiger partial charge in [-0.05, 0) is 65.5 Å². The van der Waals surface area contributed by atoms with Crippen LogP contribution in [0.1, 0.15) is 5.56 Å². The molecule has 38 heavy (non-hydrogen) atoms. The Morgan fingerprint density at radius 1 is 0.947 bits per heavy atom. The number of anilines is 1. The minimum Gasteiger partial charge on any atom is -0.508 e. The molecular weight excluding hydrogens is 506 g/mol. The fourth-order valence-corrected chi connectivity index (χ4v) is 4.74. The lowest BCUT2D eigenvalue weighted by atomic mass is 10.0. The summed E-state index contributed by atoms with van der Waals surface area (Å²) in [4.78, 5) is 18.3. The standard InChI is InChI=1S/C28H29N3O6S/c1-34-24-15-20(16-25(35-2)27(24)36-3)26-23(17-38-30-26)19-6-5-7-21(14-19)31(37-4)28(33)29-13-12-18-8-10-22(32)11-9-18/h5-11,14-17,32H,12-13H2,1-4H3,(H,29,33). The third-order valence-electron chi connectivity index (χ3n) is 5.89. The molecule has 2 amide bonds. The van der Waals surface area contributed by atoms with Crippen LogP contribution in [0.4, 0.5) is 10.5 Å². The zero-order valence-corrected chi connectivity index (χ0v) is 22.4. The number of phenolic OH excluding ortho intramolecular Hbond substituents is 1. The summed E-state index contributed by atoms with van der Waals surface area (Å²) in [6, 6.07) is 17.7. The molecule has 198 valence electrons. The first-order valence-electron chi connectivity index (χ1n) is 11.7. The van der Waals surface area contributed by atoms with Crippen molar-refractivity contribution in [2.75, 3.05) is 40.0 Å². The van der Waals surface area contributed by atoms with Crippen molar-refractivity contribution in [3.8, 4) is 45.4 Å². The fourth-order valence-electron chi connectivity index (χ4n) is 4.02. The van der Waals surface area contributed by atoms with E-state index in [1.54, 1.807) is 39.5 Å². The van der Waals surface area contributed by atoms with Crippen molar-refractivity contribution in [1.82, 2.24) is 9.69 Å². The average Bonchev–Trinajstić information content (AvgIpc) is 3.44. The molecule has 4 rings (SSSR count). The molecule has 2 N–H and O–H groups in total. The molecule has 0 aliphatic carbocycles. The number of carbonyl (C=O) groups excluding carboxylic acids is 1. The van der Waals surface area contributed by atoms with Crippen LogP contribution in [-0.2, 0) is 11.3 Å². The lowest BCUT2D eigenvalue weighted by Gasteiger charge is -2.21. The number of aromatic hydroxyl groups is 1. The van der Waals surface area contributed by atoms with Crippen LogP contribution in [0, 0.1) is 0 Å². The summed E-state index contributed by atoms with van der Waals surface area (Å²) in [6.45, 7) is 0.406. The molecule has 1 aromatic heterocycles. The van der Waals surface area contributed by atoms with Crippen LogP contribution in [0.2, 0.25) is 0 Å². The van der Waals surface area contributed by atoms with Gasteiger partial charge in [0.15, 0.2) is 11.5 Å². The molecule has 0 spiro atoms. The van der Waals surface area contributed by atoms with Gasteiger partial charge in [-0.1, -0.05) is 24.3 Å². The number of hydrogen-bond acceptors (Lipinski definition) is 8. The van der Waals surface area contributed by atoms with Gasteiger partial charge in [-0.15, -0.1) is 0 Å². The molecule has 10 heteroatoms. The van der Waals surface area contributed by atoms with Crippen LogP contribution in [0.5, 0.6) is 23.0 Å². The molecule has 1 heterocycles. The maximum atomic E-state index is 12.9. The Labute approximate surface area is 225 Å². The minimum atomic E-state index is -0.392. The molecule has 0 aliphatic rings. The van der Waals surface area contributed by atoms with Crippen molar-refractivity contribution < 1.29 is 28.9 Å². The summed E-state index contributed by atoms with van der Waals surface area (Å²) >= 11 is 1.33. The van der Waals surface area contributed by atoms with Crippen LogP contribution < -0.4 is 24.6 Å². The van der Waals surface area contributed by atoms with E-state index >= 15 is 0 Å². The molecule has 3 aromatic carbocycles. The number of amides is 2. The largest absolute Gasteiger partial charge is 0.508 e. The highest BCUT2D eigenvalue weighted by atomic mass is 32.1. The number of urea groups is 1. The van der Waals surface area contributed by atoms with Crippen molar-refractivity contribution >= 4 is 23.3 Å². The number of methoxy groups -OCH3 is 3. The number of hydrogen-bond donors (Lipinski definition) is 2. The number of aromatic nitrogens is 1. The highest BCUT2D eigenvalue weighted by Gasteiger charge is 2.20. The third kappa shape index (κ3) is 5.82. The molecule has 0 atom stereocenters. The van der Waals surface area contributed by atoms with E-state index in [4.69, 9.17) is 19.0 Å². The van der Waals surface area contributed by atoms with Gasteiger partial charge in [-0.2, -0.15) is 9.44 Å². The Kier molecular flexibility index (Phi) is 8.67. The third-order valence-corrected chi connectivity index (χ3v) is 6.52. The zero-order valence-electron chi connectivity index (χ0n) is 21.6. The summed E-state index contributed by atoms with van der Waals surface area (Å²) < 4.78 is 21.1. The lowest BCUT2D eigenvalue weighted by Crippen LogP contribution is -2.40. The quantitative estimate of drug-likeness (QED) is 0.258. The summed E-state index contributed by atoms with van der Waals surface area (Å²) in [5.74, 6) is 1.77. The maximum absolute atomic E-state index is 12.9. The molecule has 0 saturated carbocycles. The fraction of sp³-hybridized carbons (Fsp3) is 0.214. The lowest BCUT2D eigenvalue weighted by molar-refractivity contribution is 0.163. The first-order chi connectivity index (χ1) is 18.5. The number of carbonyl (C=O) groups is 1. The average molecular weight is 536 g/mol. The summed E-state index contributed by atoms with van der Waals surface area (Å²) in [5, 5.41) is 15.5. The predicted molar refractivity (Wildman–Crippen MR) is 147 cm³/mol. The number of hydroxylamine groups is 1. The van der Waals surface area contributed by atoms with E-state index < -0.39 is 6.03 Å². The smallest absolute Gasteiger partial charge is 0.346 e. The van der Waals surface area contributed by atoms with E-state index in [0.29, 0.717) is 35.9 Å². The van der Waals surface area contributed by atoms with E-state index in [1.807, 2.05) is 47.8 Å². The van der Waals surface area contributed by atoms with Gasteiger partial charge in [0.1, 0.15) is 5.75 Å². The minimum absolute atomic E-state index is 0.206. The Morgan fingerprint density at radius 2 is 1.66 bits per heavy atom. The molecule has 0 aliphatic heterocycles. The van der Waals surface area contributed by atoms with Crippen molar-refractivity contribution in [1.29, 1.82) is 0 Å². The van der Waals surface area contributed by atoms with Gasteiger partial charge >= 0.3 is 6.03 Å². The van der Waals surface area contributed by atoms with Crippen LogP contribution in [0.25, 0.3) is 22.4 Å². The highest BCUT2D eigenvalue weighted by Crippen LogP contribution is 2.43. The van der Waals surface area contributed by atoms with Gasteiger partial charge in [-0.3, -0.25) is 4.84 Å². The monoisotopic (exact) mass is 535 g/mol. The summed E-state index contributed by atoms with van der Waals surface area (Å²) in [5.41, 5.74) is 4.85. The van der Waals surface area contributed by atoms with Gasteiger partial charge in [0.05, 0.1) is 39.8 Å². The van der Waals surface area contributed by atoms with E-state index in [-0.39, 0.29) is 5.75 Å². The second kappa shape index (κ2) is 12.3. The van der Waals surface area contributed by atoms with Crippen molar-refractivity contribution in [2.24, 2.45) is 0 Å². The Bertz CT molecular complexity index is 1360. The van der Waals surface area contributed by atoms with Gasteiger partial charge in [-0.25, -0.2) is 4.79 Å². The SMILES string of the molecule is COc1cc(-c2nscc2-c2cccc(N(OC)C(=O)NCCc3ccc(O)cc3)c2)cc(OC)c1OC. The maximum Gasteiger partial charge on any atom is 0.346 e. The first kappa shape index (κ1) is 26.8. The molecule has 0 fully saturated rings. The van der Waals surface area contributed by atoms with Gasteiger partial charge in [0.2, 0.25) is 5.75 Å². The summed E-state index contributed by atoms with van der Waals surface area (Å²) in [7, 11) is 6.15. The van der Waals surface area contributed by atoms with Crippen LogP contribution in [0.15, 0.2) is 66.0 Å². The number of rotatable bonds is 10. The van der Waals surface area contributed by atoms with Gasteiger partial charge in [0.25, 0.3) is 0 Å². The molecule has 0 saturated heterocycles. The van der Waals surface area contributed by atoms with Gasteiger partial charge in [0, 0.05) is 23.1 Å². The second-order valence-corrected chi connectivity index (χ2v) is 8.80. The molecule has 0 bridgehead atoms. The predicted octanol–water partition coefficient (Wildman–Crippen LogP) is 5.53. The number of nitrogens with one attached hydrogen (secondary N) is 1. The number of nitrogens with zero attached hydrogens (tertiary/aromatic N) is 2. The van der Waals surface area contributed by atoms with Crippen molar-refractivity contribution in [2.45, 2.75) is 6.42 Å². The van der Waals surface area contributed by atoms with E-state index in [0.717, 1.165) is 27.9 Å². The number of benzene rings is 3. The van der Waals surface area contributed by atoms with Crippen LogP contribution in [-0.4, -0.2) is 50.5 Å². The zero-order chi connectivity index (χ0) is 27.1. The van der Waals surface area contributed by atoms with Crippen LogP contribution >= 0.6 is 11.5 Å². The molecule has 9 nitrogen and oxygen atoms in total. The van der Waals surface area contributed by atoms with E-state index in [9.17, 15) is 9.90 Å². The Balaban J connectivity index is 1.56. The Hall–Kier alpha value is -4.28. The Morgan fingerprint density at radius 3 is 2.29 bits per heavy atom. The number of phenols is 1. The van der Waals surface area contributed by atoms with Gasteiger partial charge < -0.3 is 24.6 Å². The molecule has 0 radical (unpaired) electrons. The highest BCUT2D eigenvalue weighted by molar-refractivity contribution is 7.04.